The van der Waals surface area contributed by atoms with Crippen molar-refractivity contribution in [1.29, 1.82) is 0 Å². The van der Waals surface area contributed by atoms with Gasteiger partial charge < -0.3 is 14.6 Å². The van der Waals surface area contributed by atoms with Crippen LogP contribution in [0.15, 0.2) is 66.3 Å². The Morgan fingerprint density at radius 1 is 1.00 bits per heavy atom. The molecule has 0 saturated carbocycles. The molecule has 0 unspecified atom stereocenters. The number of ether oxygens (including phenoxy) is 1. The van der Waals surface area contributed by atoms with E-state index in [1.165, 1.54) is 29.5 Å². The van der Waals surface area contributed by atoms with Crippen LogP contribution < -0.4 is 10.1 Å². The fourth-order valence-corrected chi connectivity index (χ4v) is 4.40. The monoisotopic (exact) mass is 481 g/mol. The van der Waals surface area contributed by atoms with Crippen molar-refractivity contribution in [2.45, 2.75) is 13.3 Å². The fraction of sp³-hybridized carbons (Fsp3) is 0.125. The lowest BCUT2D eigenvalue weighted by Gasteiger charge is -2.10. The van der Waals surface area contributed by atoms with Crippen molar-refractivity contribution in [3.05, 3.63) is 71.9 Å². The minimum Gasteiger partial charge on any atom is -0.406 e. The third-order valence-corrected chi connectivity index (χ3v) is 6.03. The highest BCUT2D eigenvalue weighted by Gasteiger charge is 2.31. The molecule has 5 aromatic rings. The molecule has 3 aromatic heterocycles. The first-order valence-electron chi connectivity index (χ1n) is 10.2. The number of imidazole rings is 1. The van der Waals surface area contributed by atoms with Gasteiger partial charge in [0.1, 0.15) is 11.6 Å². The van der Waals surface area contributed by atoms with Crippen LogP contribution in [0, 0.1) is 6.92 Å². The van der Waals surface area contributed by atoms with Gasteiger partial charge in [-0.1, -0.05) is 12.1 Å². The third kappa shape index (κ3) is 4.44. The molecule has 5 rings (SSSR count). The van der Waals surface area contributed by atoms with Gasteiger partial charge in [0.15, 0.2) is 5.13 Å². The maximum absolute atomic E-state index is 12.6. The Hall–Kier alpha value is -3.92. The topological polar surface area (TPSA) is 64.9 Å². The number of pyridine rings is 1. The van der Waals surface area contributed by atoms with Crippen LogP contribution in [-0.4, -0.2) is 25.9 Å². The number of nitrogens with zero attached hydrogens (tertiary/aromatic N) is 4. The lowest BCUT2D eigenvalue weighted by Crippen LogP contribution is -2.17. The van der Waals surface area contributed by atoms with E-state index in [0.29, 0.717) is 16.9 Å². The zero-order chi connectivity index (χ0) is 23.9. The lowest BCUT2D eigenvalue weighted by molar-refractivity contribution is -0.274. The van der Waals surface area contributed by atoms with Crippen LogP contribution in [0.1, 0.15) is 5.56 Å². The van der Waals surface area contributed by atoms with Gasteiger partial charge in [-0.3, -0.25) is 4.98 Å². The van der Waals surface area contributed by atoms with E-state index in [2.05, 4.69) is 25.0 Å². The van der Waals surface area contributed by atoms with Gasteiger partial charge in [0, 0.05) is 41.6 Å². The average Bonchev–Trinajstić information content (AvgIpc) is 3.39. The fourth-order valence-electron chi connectivity index (χ4n) is 3.67. The average molecular weight is 482 g/mol. The molecule has 1 N–H and O–H groups in total. The van der Waals surface area contributed by atoms with Crippen molar-refractivity contribution in [2.24, 2.45) is 7.05 Å². The molecule has 0 fully saturated rings. The number of anilines is 2. The Balaban J connectivity index is 1.46. The molecule has 0 spiro atoms. The Kier molecular flexibility index (Phi) is 5.45. The van der Waals surface area contributed by atoms with Crippen LogP contribution in [-0.2, 0) is 7.05 Å². The first-order valence-corrected chi connectivity index (χ1v) is 11.1. The molecule has 172 valence electrons. The van der Waals surface area contributed by atoms with Crippen molar-refractivity contribution in [3.63, 3.8) is 0 Å². The number of thiazole rings is 1. The summed E-state index contributed by atoms with van der Waals surface area (Å²) >= 11 is 1.49. The zero-order valence-corrected chi connectivity index (χ0v) is 18.9. The predicted molar refractivity (Wildman–Crippen MR) is 126 cm³/mol. The van der Waals surface area contributed by atoms with Gasteiger partial charge in [0.2, 0.25) is 0 Å². The van der Waals surface area contributed by atoms with Gasteiger partial charge in [0.05, 0.1) is 16.7 Å². The van der Waals surface area contributed by atoms with E-state index in [4.69, 9.17) is 0 Å². The summed E-state index contributed by atoms with van der Waals surface area (Å²) in [5.74, 6) is 0.248. The van der Waals surface area contributed by atoms with E-state index in [9.17, 15) is 13.2 Å². The molecule has 0 atom stereocenters. The van der Waals surface area contributed by atoms with Crippen LogP contribution in [0.5, 0.6) is 5.75 Å². The summed E-state index contributed by atoms with van der Waals surface area (Å²) in [5.41, 5.74) is 5.76. The third-order valence-electron chi connectivity index (χ3n) is 5.27. The van der Waals surface area contributed by atoms with E-state index in [0.717, 1.165) is 33.2 Å². The van der Waals surface area contributed by atoms with Crippen LogP contribution in [0.2, 0.25) is 0 Å². The molecule has 0 aliphatic heterocycles. The van der Waals surface area contributed by atoms with E-state index < -0.39 is 6.36 Å². The second-order valence-corrected chi connectivity index (χ2v) is 8.48. The van der Waals surface area contributed by atoms with E-state index >= 15 is 0 Å². The van der Waals surface area contributed by atoms with Gasteiger partial charge in [0.25, 0.3) is 0 Å². The second-order valence-electron chi connectivity index (χ2n) is 7.62. The first-order chi connectivity index (χ1) is 16.3. The largest absolute Gasteiger partial charge is 0.573 e. The number of benzene rings is 2. The van der Waals surface area contributed by atoms with Gasteiger partial charge in [-0.25, -0.2) is 9.97 Å². The molecule has 2 aromatic carbocycles. The quantitative estimate of drug-likeness (QED) is 0.302. The normalized spacial score (nSPS) is 11.7. The van der Waals surface area contributed by atoms with Crippen LogP contribution >= 0.6 is 11.3 Å². The Morgan fingerprint density at radius 3 is 2.56 bits per heavy atom. The van der Waals surface area contributed by atoms with Crippen molar-refractivity contribution in [2.75, 3.05) is 5.32 Å². The minimum absolute atomic E-state index is 0.288. The number of hydrogen-bond acceptors (Lipinski definition) is 6. The van der Waals surface area contributed by atoms with E-state index in [1.54, 1.807) is 18.5 Å². The van der Waals surface area contributed by atoms with Gasteiger partial charge in [-0.15, -0.1) is 24.5 Å². The van der Waals surface area contributed by atoms with Crippen molar-refractivity contribution in [3.8, 4) is 28.4 Å². The van der Waals surface area contributed by atoms with Gasteiger partial charge in [-0.2, -0.15) is 0 Å². The summed E-state index contributed by atoms with van der Waals surface area (Å²) in [6.07, 6.45) is -1.30. The molecule has 0 aliphatic carbocycles. The van der Waals surface area contributed by atoms with Crippen LogP contribution in [0.4, 0.5) is 24.0 Å². The summed E-state index contributed by atoms with van der Waals surface area (Å²) in [4.78, 5) is 13.4. The highest BCUT2D eigenvalue weighted by atomic mass is 32.1. The number of hydrogen-bond donors (Lipinski definition) is 1. The smallest absolute Gasteiger partial charge is 0.406 e. The summed E-state index contributed by atoms with van der Waals surface area (Å²) in [5, 5.41) is 6.07. The number of aryl methyl sites for hydroxylation is 2. The molecule has 0 amide bonds. The predicted octanol–water partition coefficient (Wildman–Crippen LogP) is 6.71. The van der Waals surface area contributed by atoms with Crippen molar-refractivity contribution in [1.82, 2.24) is 19.5 Å². The molecule has 34 heavy (non-hydrogen) atoms. The van der Waals surface area contributed by atoms with Crippen molar-refractivity contribution < 1.29 is 17.9 Å². The van der Waals surface area contributed by atoms with E-state index in [-0.39, 0.29) is 5.75 Å². The first kappa shape index (κ1) is 21.9. The number of halogens is 3. The standard InChI is InChI=1S/C24H18F3N5OS/c1-14-10-21-19(12-18(14)30-23-31-20(13-34-23)15-6-8-28-9-7-15)29-22(32(21)2)16-4-3-5-17(11-16)33-24(25,26)27/h3-13H,1-2H3,(H,30,31). The lowest BCUT2D eigenvalue weighted by atomic mass is 10.1. The van der Waals surface area contributed by atoms with Crippen LogP contribution in [0.25, 0.3) is 33.7 Å². The van der Waals surface area contributed by atoms with E-state index in [1.807, 2.05) is 48.2 Å². The Morgan fingerprint density at radius 2 is 1.79 bits per heavy atom. The molecular weight excluding hydrogens is 463 g/mol. The van der Waals surface area contributed by atoms with Gasteiger partial charge >= 0.3 is 6.36 Å². The summed E-state index contributed by atoms with van der Waals surface area (Å²) < 4.78 is 43.8. The second kappa shape index (κ2) is 8.45. The zero-order valence-electron chi connectivity index (χ0n) is 18.1. The molecular formula is C24H18F3N5OS. The maximum atomic E-state index is 12.6. The summed E-state index contributed by atoms with van der Waals surface area (Å²) in [6.45, 7) is 1.98. The van der Waals surface area contributed by atoms with Gasteiger partial charge in [-0.05, 0) is 48.9 Å². The molecule has 0 bridgehead atoms. The molecule has 6 nitrogen and oxygen atoms in total. The number of rotatable bonds is 5. The Labute approximate surface area is 196 Å². The highest BCUT2D eigenvalue weighted by molar-refractivity contribution is 7.14. The number of aromatic nitrogens is 4. The highest BCUT2D eigenvalue weighted by Crippen LogP contribution is 2.33. The molecule has 0 radical (unpaired) electrons. The van der Waals surface area contributed by atoms with Crippen molar-refractivity contribution >= 4 is 33.2 Å². The number of alkyl halides is 3. The summed E-state index contributed by atoms with van der Waals surface area (Å²) in [6, 6.07) is 13.5. The summed E-state index contributed by atoms with van der Waals surface area (Å²) in [7, 11) is 1.83. The SMILES string of the molecule is Cc1cc2c(cc1Nc1nc(-c3ccncc3)cs1)nc(-c1cccc(OC(F)(F)F)c1)n2C. The minimum atomic E-state index is -4.75. The molecule has 0 saturated heterocycles. The molecule has 3 heterocycles. The van der Waals surface area contributed by atoms with Crippen LogP contribution in [0.3, 0.4) is 0 Å². The maximum Gasteiger partial charge on any atom is 0.573 e. The number of nitrogens with one attached hydrogen (secondary N) is 1. The number of fused-ring (bicyclic) bond motifs is 1. The molecule has 10 heteroatoms. The molecule has 0 aliphatic rings. The Bertz CT molecular complexity index is 1480.